The number of carbonyl (C=O) groups excluding carboxylic acids is 2. The SMILES string of the molecule is COc1ccc(NC(=O)C2Cc3ccccc3C(=O)O2)cc1Cl. The molecule has 0 saturated heterocycles. The number of nitrogens with one attached hydrogen (secondary N) is 1. The molecule has 0 bridgehead atoms. The highest BCUT2D eigenvalue weighted by Gasteiger charge is 2.31. The van der Waals surface area contributed by atoms with Gasteiger partial charge in [0.15, 0.2) is 6.10 Å². The standard InChI is InChI=1S/C17H14ClNO4/c1-22-14-7-6-11(9-13(14)18)19-16(20)15-8-10-4-2-3-5-12(10)17(21)23-15/h2-7,9,15H,8H2,1H3,(H,19,20). The lowest BCUT2D eigenvalue weighted by molar-refractivity contribution is -0.125. The van der Waals surface area contributed by atoms with E-state index in [-0.39, 0.29) is 0 Å². The summed E-state index contributed by atoms with van der Waals surface area (Å²) in [6.45, 7) is 0. The van der Waals surface area contributed by atoms with Crippen molar-refractivity contribution in [2.24, 2.45) is 0 Å². The molecule has 0 aromatic heterocycles. The highest BCUT2D eigenvalue weighted by Crippen LogP contribution is 2.28. The zero-order valence-corrected chi connectivity index (χ0v) is 13.1. The number of esters is 1. The van der Waals surface area contributed by atoms with Crippen molar-refractivity contribution >= 4 is 29.2 Å². The third kappa shape index (κ3) is 3.14. The van der Waals surface area contributed by atoms with Crippen molar-refractivity contribution in [2.45, 2.75) is 12.5 Å². The van der Waals surface area contributed by atoms with E-state index in [0.717, 1.165) is 5.56 Å². The van der Waals surface area contributed by atoms with Crippen molar-refractivity contribution in [3.05, 3.63) is 58.6 Å². The molecule has 1 atom stereocenters. The van der Waals surface area contributed by atoms with Crippen LogP contribution in [-0.2, 0) is 16.0 Å². The van der Waals surface area contributed by atoms with Crippen LogP contribution in [0.5, 0.6) is 5.75 Å². The zero-order valence-electron chi connectivity index (χ0n) is 12.3. The molecule has 6 heteroatoms. The molecule has 0 spiro atoms. The zero-order chi connectivity index (χ0) is 16.4. The van der Waals surface area contributed by atoms with Crippen LogP contribution in [0, 0.1) is 0 Å². The maximum absolute atomic E-state index is 12.3. The van der Waals surface area contributed by atoms with E-state index in [1.165, 1.54) is 7.11 Å². The molecule has 1 amide bonds. The Hall–Kier alpha value is -2.53. The van der Waals surface area contributed by atoms with Gasteiger partial charge in [-0.05, 0) is 29.8 Å². The quantitative estimate of drug-likeness (QED) is 0.878. The first-order chi connectivity index (χ1) is 11.1. The summed E-state index contributed by atoms with van der Waals surface area (Å²) in [6, 6.07) is 12.0. The van der Waals surface area contributed by atoms with E-state index in [4.69, 9.17) is 21.1 Å². The summed E-state index contributed by atoms with van der Waals surface area (Å²) in [7, 11) is 1.51. The average Bonchev–Trinajstić information content (AvgIpc) is 2.55. The van der Waals surface area contributed by atoms with Crippen LogP contribution in [0.1, 0.15) is 15.9 Å². The number of hydrogen-bond donors (Lipinski definition) is 1. The predicted molar refractivity (Wildman–Crippen MR) is 86.0 cm³/mol. The van der Waals surface area contributed by atoms with Crippen LogP contribution < -0.4 is 10.1 Å². The Morgan fingerprint density at radius 1 is 1.30 bits per heavy atom. The van der Waals surface area contributed by atoms with Crippen molar-refractivity contribution in [1.29, 1.82) is 0 Å². The molecule has 2 aromatic carbocycles. The summed E-state index contributed by atoms with van der Waals surface area (Å²) >= 11 is 6.03. The molecule has 0 saturated carbocycles. The predicted octanol–water partition coefficient (Wildman–Crippen LogP) is 3.07. The van der Waals surface area contributed by atoms with Gasteiger partial charge in [0.2, 0.25) is 0 Å². The molecular weight excluding hydrogens is 318 g/mol. The number of benzene rings is 2. The second kappa shape index (κ2) is 6.30. The highest BCUT2D eigenvalue weighted by molar-refractivity contribution is 6.32. The molecule has 2 aromatic rings. The van der Waals surface area contributed by atoms with Gasteiger partial charge in [-0.15, -0.1) is 0 Å². The Labute approximate surface area is 138 Å². The summed E-state index contributed by atoms with van der Waals surface area (Å²) in [5.74, 6) is -0.364. The topological polar surface area (TPSA) is 64.6 Å². The minimum Gasteiger partial charge on any atom is -0.495 e. The Morgan fingerprint density at radius 2 is 2.09 bits per heavy atom. The number of methoxy groups -OCH3 is 1. The van der Waals surface area contributed by atoms with Crippen molar-refractivity contribution in [3.63, 3.8) is 0 Å². The summed E-state index contributed by atoms with van der Waals surface area (Å²) in [6.07, 6.45) is -0.518. The molecule has 3 rings (SSSR count). The fourth-order valence-electron chi connectivity index (χ4n) is 2.44. The van der Waals surface area contributed by atoms with Crippen LogP contribution in [0.25, 0.3) is 0 Å². The number of fused-ring (bicyclic) bond motifs is 1. The normalized spacial score (nSPS) is 16.3. The third-order valence-corrected chi connectivity index (χ3v) is 3.90. The lowest BCUT2D eigenvalue weighted by atomic mass is 9.98. The number of halogens is 1. The lowest BCUT2D eigenvalue weighted by Crippen LogP contribution is -2.37. The van der Waals surface area contributed by atoms with Crippen molar-refractivity contribution < 1.29 is 19.1 Å². The number of anilines is 1. The third-order valence-electron chi connectivity index (χ3n) is 3.60. The summed E-state index contributed by atoms with van der Waals surface area (Å²) in [5, 5.41) is 3.08. The first-order valence-electron chi connectivity index (χ1n) is 7.02. The minimum atomic E-state index is -0.863. The van der Waals surface area contributed by atoms with Gasteiger partial charge in [0.25, 0.3) is 5.91 Å². The Balaban J connectivity index is 1.75. The number of amides is 1. The Bertz CT molecular complexity index is 775. The van der Waals surface area contributed by atoms with E-state index >= 15 is 0 Å². The Morgan fingerprint density at radius 3 is 2.83 bits per heavy atom. The molecule has 23 heavy (non-hydrogen) atoms. The van der Waals surface area contributed by atoms with Crippen LogP contribution in [0.4, 0.5) is 5.69 Å². The van der Waals surface area contributed by atoms with Crippen LogP contribution in [0.2, 0.25) is 5.02 Å². The van der Waals surface area contributed by atoms with Gasteiger partial charge in [-0.2, -0.15) is 0 Å². The van der Waals surface area contributed by atoms with Gasteiger partial charge < -0.3 is 14.8 Å². The van der Waals surface area contributed by atoms with E-state index in [0.29, 0.717) is 28.4 Å². The van der Waals surface area contributed by atoms with E-state index < -0.39 is 18.0 Å². The fraction of sp³-hybridized carbons (Fsp3) is 0.176. The van der Waals surface area contributed by atoms with E-state index in [2.05, 4.69) is 5.32 Å². The highest BCUT2D eigenvalue weighted by atomic mass is 35.5. The van der Waals surface area contributed by atoms with Gasteiger partial charge in [0, 0.05) is 12.1 Å². The second-order valence-electron chi connectivity index (χ2n) is 5.09. The van der Waals surface area contributed by atoms with Crippen LogP contribution in [0.15, 0.2) is 42.5 Å². The fourth-order valence-corrected chi connectivity index (χ4v) is 2.70. The van der Waals surface area contributed by atoms with E-state index in [1.807, 2.05) is 12.1 Å². The number of rotatable bonds is 3. The lowest BCUT2D eigenvalue weighted by Gasteiger charge is -2.23. The maximum Gasteiger partial charge on any atom is 0.339 e. The molecule has 0 aliphatic carbocycles. The number of ether oxygens (including phenoxy) is 2. The molecule has 118 valence electrons. The molecule has 1 N–H and O–H groups in total. The van der Waals surface area contributed by atoms with E-state index in [1.54, 1.807) is 30.3 Å². The number of carbonyl (C=O) groups is 2. The van der Waals surface area contributed by atoms with Crippen LogP contribution >= 0.6 is 11.6 Å². The van der Waals surface area contributed by atoms with Gasteiger partial charge in [-0.3, -0.25) is 4.79 Å². The number of hydrogen-bond acceptors (Lipinski definition) is 4. The van der Waals surface area contributed by atoms with Gasteiger partial charge in [-0.25, -0.2) is 4.79 Å². The maximum atomic E-state index is 12.3. The molecule has 0 fully saturated rings. The summed E-state index contributed by atoms with van der Waals surface area (Å²) < 4.78 is 10.3. The number of cyclic esters (lactones) is 1. The van der Waals surface area contributed by atoms with Crippen molar-refractivity contribution in [3.8, 4) is 5.75 Å². The van der Waals surface area contributed by atoms with Crippen molar-refractivity contribution in [2.75, 3.05) is 12.4 Å². The molecule has 5 nitrogen and oxygen atoms in total. The molecule has 1 unspecified atom stereocenters. The molecule has 1 aliphatic rings. The average molecular weight is 332 g/mol. The van der Waals surface area contributed by atoms with Gasteiger partial charge in [-0.1, -0.05) is 29.8 Å². The smallest absolute Gasteiger partial charge is 0.339 e. The van der Waals surface area contributed by atoms with Gasteiger partial charge in [0.05, 0.1) is 17.7 Å². The Kier molecular flexibility index (Phi) is 4.21. The van der Waals surface area contributed by atoms with Gasteiger partial charge in [0.1, 0.15) is 5.75 Å². The van der Waals surface area contributed by atoms with Crippen LogP contribution in [-0.4, -0.2) is 25.1 Å². The largest absolute Gasteiger partial charge is 0.495 e. The van der Waals surface area contributed by atoms with Gasteiger partial charge >= 0.3 is 5.97 Å². The molecule has 1 heterocycles. The first kappa shape index (κ1) is 15.4. The minimum absolute atomic E-state index is 0.345. The summed E-state index contributed by atoms with van der Waals surface area (Å²) in [5.41, 5.74) is 1.82. The second-order valence-corrected chi connectivity index (χ2v) is 5.50. The first-order valence-corrected chi connectivity index (χ1v) is 7.39. The monoisotopic (exact) mass is 331 g/mol. The van der Waals surface area contributed by atoms with E-state index in [9.17, 15) is 9.59 Å². The van der Waals surface area contributed by atoms with Crippen molar-refractivity contribution in [1.82, 2.24) is 0 Å². The molecule has 0 radical (unpaired) electrons. The van der Waals surface area contributed by atoms with Crippen LogP contribution in [0.3, 0.4) is 0 Å². The molecule has 1 aliphatic heterocycles. The summed E-state index contributed by atoms with van der Waals surface area (Å²) in [4.78, 5) is 24.3. The molecular formula is C17H14ClNO4.